The largest absolute Gasteiger partial charge is 0.378 e. The molecule has 1 aliphatic carbocycles. The van der Waals surface area contributed by atoms with Gasteiger partial charge in [0.25, 0.3) is 0 Å². The van der Waals surface area contributed by atoms with Crippen molar-refractivity contribution in [2.75, 3.05) is 18.5 Å². The molecule has 2 rings (SSSR count). The highest BCUT2D eigenvalue weighted by Crippen LogP contribution is 2.46. The van der Waals surface area contributed by atoms with Crippen molar-refractivity contribution in [3.8, 4) is 0 Å². The first kappa shape index (κ1) is 12.4. The summed E-state index contributed by atoms with van der Waals surface area (Å²) in [5.41, 5.74) is 0.375. The van der Waals surface area contributed by atoms with E-state index in [1.165, 1.54) is 12.8 Å². The first-order valence-corrected chi connectivity index (χ1v) is 7.31. The highest BCUT2D eigenvalue weighted by molar-refractivity contribution is 9.09. The van der Waals surface area contributed by atoms with Crippen molar-refractivity contribution < 1.29 is 9.53 Å². The van der Waals surface area contributed by atoms with Crippen molar-refractivity contribution in [2.45, 2.75) is 44.6 Å². The Hall–Kier alpha value is -0.0900. The second-order valence-electron chi connectivity index (χ2n) is 5.08. The molecule has 3 nitrogen and oxygen atoms in total. The van der Waals surface area contributed by atoms with Crippen LogP contribution in [0.5, 0.6) is 0 Å². The molecule has 92 valence electrons. The number of hydrogen-bond acceptors (Lipinski definition) is 2. The van der Waals surface area contributed by atoms with Gasteiger partial charge in [-0.25, -0.2) is 0 Å². The van der Waals surface area contributed by atoms with Gasteiger partial charge in [0.05, 0.1) is 6.10 Å². The third-order valence-electron chi connectivity index (χ3n) is 3.62. The fraction of sp³-hybridized carbons (Fsp3) is 0.917. The predicted octanol–water partition coefficient (Wildman–Crippen LogP) is 2.24. The smallest absolute Gasteiger partial charge is 0.220 e. The molecule has 1 N–H and O–H groups in total. The maximum Gasteiger partial charge on any atom is 0.220 e. The van der Waals surface area contributed by atoms with Crippen LogP contribution in [0.15, 0.2) is 0 Å². The second kappa shape index (κ2) is 5.50. The predicted molar refractivity (Wildman–Crippen MR) is 66.7 cm³/mol. The van der Waals surface area contributed by atoms with Gasteiger partial charge in [0.1, 0.15) is 0 Å². The van der Waals surface area contributed by atoms with Crippen molar-refractivity contribution in [1.29, 1.82) is 0 Å². The zero-order chi connectivity index (χ0) is 11.4. The third-order valence-corrected chi connectivity index (χ3v) is 4.81. The number of carbonyl (C=O) groups is 1. The van der Waals surface area contributed by atoms with Gasteiger partial charge in [-0.2, -0.15) is 0 Å². The van der Waals surface area contributed by atoms with Crippen molar-refractivity contribution in [3.63, 3.8) is 0 Å². The molecular weight excluding hydrogens is 270 g/mol. The summed E-state index contributed by atoms with van der Waals surface area (Å²) in [6.07, 6.45) is 6.58. The highest BCUT2D eigenvalue weighted by Gasteiger charge is 2.41. The Morgan fingerprint density at radius 3 is 2.88 bits per heavy atom. The van der Waals surface area contributed by atoms with Gasteiger partial charge in [-0.05, 0) is 37.5 Å². The molecule has 0 aromatic carbocycles. The van der Waals surface area contributed by atoms with Crippen molar-refractivity contribution >= 4 is 21.8 Å². The van der Waals surface area contributed by atoms with Crippen LogP contribution in [0.2, 0.25) is 0 Å². The summed E-state index contributed by atoms with van der Waals surface area (Å²) < 4.78 is 5.49. The lowest BCUT2D eigenvalue weighted by Crippen LogP contribution is -2.31. The average Bonchev–Trinajstić information content (AvgIpc) is 2.90. The van der Waals surface area contributed by atoms with Crippen LogP contribution in [-0.2, 0) is 9.53 Å². The zero-order valence-electron chi connectivity index (χ0n) is 9.64. The van der Waals surface area contributed by atoms with E-state index in [4.69, 9.17) is 4.74 Å². The topological polar surface area (TPSA) is 38.3 Å². The number of amides is 1. The van der Waals surface area contributed by atoms with Crippen molar-refractivity contribution in [3.05, 3.63) is 0 Å². The lowest BCUT2D eigenvalue weighted by molar-refractivity contribution is -0.121. The molecule has 1 saturated heterocycles. The summed E-state index contributed by atoms with van der Waals surface area (Å²) in [6.45, 7) is 1.71. The van der Waals surface area contributed by atoms with Crippen LogP contribution in [-0.4, -0.2) is 30.5 Å². The van der Waals surface area contributed by atoms with Crippen LogP contribution in [0, 0.1) is 5.41 Å². The molecule has 1 atom stereocenters. The van der Waals surface area contributed by atoms with Gasteiger partial charge in [0.2, 0.25) is 5.91 Å². The van der Waals surface area contributed by atoms with Crippen molar-refractivity contribution in [2.24, 2.45) is 5.41 Å². The molecule has 0 radical (unpaired) electrons. The van der Waals surface area contributed by atoms with Crippen LogP contribution < -0.4 is 5.32 Å². The summed E-state index contributed by atoms with van der Waals surface area (Å²) in [4.78, 5) is 11.6. The Morgan fingerprint density at radius 2 is 2.31 bits per heavy atom. The van der Waals surface area contributed by atoms with E-state index in [2.05, 4.69) is 21.2 Å². The Balaban J connectivity index is 1.57. The van der Waals surface area contributed by atoms with Crippen LogP contribution in [0.25, 0.3) is 0 Å². The second-order valence-corrected chi connectivity index (χ2v) is 5.64. The Labute approximate surface area is 105 Å². The molecule has 0 aromatic heterocycles. The molecule has 16 heavy (non-hydrogen) atoms. The zero-order valence-corrected chi connectivity index (χ0v) is 11.2. The van der Waals surface area contributed by atoms with E-state index in [0.29, 0.717) is 17.9 Å². The van der Waals surface area contributed by atoms with E-state index in [1.807, 2.05) is 0 Å². The van der Waals surface area contributed by atoms with E-state index in [9.17, 15) is 4.79 Å². The standard InChI is InChI=1S/C12H20BrNO2/c13-8-12(5-6-12)9-14-11(15)4-3-10-2-1-7-16-10/h10H,1-9H2,(H,14,15). The monoisotopic (exact) mass is 289 g/mol. The third kappa shape index (κ3) is 3.45. The molecule has 1 heterocycles. The van der Waals surface area contributed by atoms with Gasteiger partial charge in [-0.15, -0.1) is 0 Å². The molecule has 1 unspecified atom stereocenters. The normalized spacial score (nSPS) is 26.7. The average molecular weight is 290 g/mol. The lowest BCUT2D eigenvalue weighted by atomic mass is 10.1. The molecule has 0 bridgehead atoms. The molecule has 1 saturated carbocycles. The summed E-state index contributed by atoms with van der Waals surface area (Å²) >= 11 is 3.51. The number of ether oxygens (including phenoxy) is 1. The Morgan fingerprint density at radius 1 is 1.50 bits per heavy atom. The molecule has 1 aliphatic heterocycles. The summed E-state index contributed by atoms with van der Waals surface area (Å²) in [6, 6.07) is 0. The fourth-order valence-corrected chi connectivity index (χ4v) is 2.83. The van der Waals surface area contributed by atoms with Gasteiger partial charge in [0, 0.05) is 24.9 Å². The number of alkyl halides is 1. The Kier molecular flexibility index (Phi) is 4.25. The van der Waals surface area contributed by atoms with Gasteiger partial charge in [-0.1, -0.05) is 15.9 Å². The van der Waals surface area contributed by atoms with Gasteiger partial charge in [-0.3, -0.25) is 4.79 Å². The Bertz CT molecular complexity index is 247. The van der Waals surface area contributed by atoms with E-state index in [-0.39, 0.29) is 5.91 Å². The van der Waals surface area contributed by atoms with Crippen LogP contribution >= 0.6 is 15.9 Å². The number of carbonyl (C=O) groups excluding carboxylic acids is 1. The van der Waals surface area contributed by atoms with Crippen LogP contribution in [0.1, 0.15) is 38.5 Å². The van der Waals surface area contributed by atoms with Crippen LogP contribution in [0.4, 0.5) is 0 Å². The van der Waals surface area contributed by atoms with E-state index in [0.717, 1.165) is 37.7 Å². The number of hydrogen-bond donors (Lipinski definition) is 1. The molecule has 1 amide bonds. The number of halogens is 1. The minimum atomic E-state index is 0.183. The van der Waals surface area contributed by atoms with E-state index >= 15 is 0 Å². The van der Waals surface area contributed by atoms with Crippen LogP contribution in [0.3, 0.4) is 0 Å². The molecule has 0 spiro atoms. The first-order valence-electron chi connectivity index (χ1n) is 6.18. The maximum atomic E-state index is 11.6. The van der Waals surface area contributed by atoms with Crippen molar-refractivity contribution in [1.82, 2.24) is 5.32 Å². The van der Waals surface area contributed by atoms with E-state index in [1.54, 1.807) is 0 Å². The van der Waals surface area contributed by atoms with Gasteiger partial charge in [0.15, 0.2) is 0 Å². The summed E-state index contributed by atoms with van der Waals surface area (Å²) in [7, 11) is 0. The minimum absolute atomic E-state index is 0.183. The molecule has 2 fully saturated rings. The molecule has 0 aromatic rings. The number of nitrogens with one attached hydrogen (secondary N) is 1. The van der Waals surface area contributed by atoms with E-state index < -0.39 is 0 Å². The SMILES string of the molecule is O=C(CCC1CCCO1)NCC1(CBr)CC1. The lowest BCUT2D eigenvalue weighted by Gasteiger charge is -2.13. The maximum absolute atomic E-state index is 11.6. The first-order chi connectivity index (χ1) is 7.74. The quantitative estimate of drug-likeness (QED) is 0.762. The molecular formula is C12H20BrNO2. The highest BCUT2D eigenvalue weighted by atomic mass is 79.9. The summed E-state index contributed by atoms with van der Waals surface area (Å²) in [5, 5.41) is 4.04. The van der Waals surface area contributed by atoms with Gasteiger partial charge < -0.3 is 10.1 Å². The molecule has 2 aliphatic rings. The molecule has 4 heteroatoms. The number of rotatable bonds is 6. The minimum Gasteiger partial charge on any atom is -0.378 e. The fourth-order valence-electron chi connectivity index (χ4n) is 2.07. The summed E-state index contributed by atoms with van der Waals surface area (Å²) in [5.74, 6) is 0.183. The van der Waals surface area contributed by atoms with Gasteiger partial charge >= 0.3 is 0 Å².